The molecular formula is C22H24N4O2. The number of rotatable bonds is 9. The van der Waals surface area contributed by atoms with Crippen molar-refractivity contribution in [3.05, 3.63) is 83.8 Å². The van der Waals surface area contributed by atoms with Crippen LogP contribution in [-0.2, 0) is 13.0 Å². The summed E-state index contributed by atoms with van der Waals surface area (Å²) in [6.07, 6.45) is 5.88. The van der Waals surface area contributed by atoms with Crippen LogP contribution in [0, 0.1) is 0 Å². The highest BCUT2D eigenvalue weighted by atomic mass is 16.5. The van der Waals surface area contributed by atoms with Crippen LogP contribution in [0.1, 0.15) is 28.4 Å². The number of ether oxygens (including phenoxy) is 1. The van der Waals surface area contributed by atoms with E-state index in [0.717, 1.165) is 23.3 Å². The van der Waals surface area contributed by atoms with Crippen molar-refractivity contribution in [3.63, 3.8) is 0 Å². The van der Waals surface area contributed by atoms with E-state index in [4.69, 9.17) is 4.74 Å². The molecule has 3 aromatic rings. The second kappa shape index (κ2) is 10.1. The largest absolute Gasteiger partial charge is 0.494 e. The molecule has 0 aliphatic carbocycles. The molecule has 0 unspecified atom stereocenters. The van der Waals surface area contributed by atoms with Gasteiger partial charge < -0.3 is 15.4 Å². The highest BCUT2D eigenvalue weighted by Crippen LogP contribution is 2.15. The molecule has 0 aliphatic rings. The quantitative estimate of drug-likeness (QED) is 0.598. The first-order chi connectivity index (χ1) is 13.8. The second-order valence-corrected chi connectivity index (χ2v) is 6.19. The molecule has 0 saturated carbocycles. The van der Waals surface area contributed by atoms with Crippen LogP contribution in [0.2, 0.25) is 0 Å². The molecule has 1 amide bonds. The Labute approximate surface area is 165 Å². The van der Waals surface area contributed by atoms with E-state index >= 15 is 0 Å². The molecule has 6 nitrogen and oxygen atoms in total. The number of aromatic nitrogens is 2. The summed E-state index contributed by atoms with van der Waals surface area (Å²) in [7, 11) is 0. The van der Waals surface area contributed by atoms with Gasteiger partial charge in [0.25, 0.3) is 5.91 Å². The zero-order chi connectivity index (χ0) is 19.6. The summed E-state index contributed by atoms with van der Waals surface area (Å²) in [5, 5.41) is 6.19. The third kappa shape index (κ3) is 5.54. The van der Waals surface area contributed by atoms with Gasteiger partial charge in [-0.2, -0.15) is 0 Å². The van der Waals surface area contributed by atoms with Gasteiger partial charge in [0.15, 0.2) is 0 Å². The Bertz CT molecular complexity index is 900. The SMILES string of the molecule is CCOc1cccc(CCNC(=O)c2cccnc2NCc2ccncc2)c1. The number of carbonyl (C=O) groups excluding carboxylic acids is 1. The van der Waals surface area contributed by atoms with Gasteiger partial charge in [-0.05, 0) is 60.9 Å². The molecular weight excluding hydrogens is 352 g/mol. The van der Waals surface area contributed by atoms with Crippen LogP contribution in [-0.4, -0.2) is 29.0 Å². The monoisotopic (exact) mass is 376 g/mol. The number of anilines is 1. The molecule has 0 radical (unpaired) electrons. The Balaban J connectivity index is 1.56. The number of benzene rings is 1. The van der Waals surface area contributed by atoms with E-state index in [1.165, 1.54) is 0 Å². The lowest BCUT2D eigenvalue weighted by Gasteiger charge is -2.11. The standard InChI is InChI=1S/C22H24N4O2/c1-2-28-19-6-3-5-17(15-19)10-14-25-22(27)20-7-4-11-24-21(20)26-16-18-8-12-23-13-9-18/h3-9,11-13,15H,2,10,14,16H2,1H3,(H,24,26)(H,25,27). The van der Waals surface area contributed by atoms with Crippen LogP contribution in [0.15, 0.2) is 67.1 Å². The highest BCUT2D eigenvalue weighted by molar-refractivity contribution is 5.98. The smallest absolute Gasteiger partial charge is 0.255 e. The number of nitrogens with one attached hydrogen (secondary N) is 2. The van der Waals surface area contributed by atoms with E-state index in [-0.39, 0.29) is 5.91 Å². The van der Waals surface area contributed by atoms with E-state index in [1.54, 1.807) is 30.7 Å². The van der Waals surface area contributed by atoms with Crippen molar-refractivity contribution in [2.75, 3.05) is 18.5 Å². The van der Waals surface area contributed by atoms with Crippen LogP contribution in [0.4, 0.5) is 5.82 Å². The zero-order valence-corrected chi connectivity index (χ0v) is 15.9. The van der Waals surface area contributed by atoms with Crippen molar-refractivity contribution in [3.8, 4) is 5.75 Å². The van der Waals surface area contributed by atoms with Gasteiger partial charge in [0.2, 0.25) is 0 Å². The van der Waals surface area contributed by atoms with Crippen molar-refractivity contribution in [1.82, 2.24) is 15.3 Å². The third-order valence-corrected chi connectivity index (χ3v) is 4.17. The highest BCUT2D eigenvalue weighted by Gasteiger charge is 2.11. The van der Waals surface area contributed by atoms with Gasteiger partial charge in [-0.3, -0.25) is 9.78 Å². The number of nitrogens with zero attached hydrogens (tertiary/aromatic N) is 2. The number of amides is 1. The molecule has 0 spiro atoms. The maximum absolute atomic E-state index is 12.6. The van der Waals surface area contributed by atoms with Crippen molar-refractivity contribution in [2.24, 2.45) is 0 Å². The summed E-state index contributed by atoms with van der Waals surface area (Å²) in [6, 6.07) is 15.3. The minimum Gasteiger partial charge on any atom is -0.494 e. The Kier molecular flexibility index (Phi) is 6.95. The number of carbonyl (C=O) groups is 1. The third-order valence-electron chi connectivity index (χ3n) is 4.17. The fourth-order valence-corrected chi connectivity index (χ4v) is 2.79. The van der Waals surface area contributed by atoms with E-state index < -0.39 is 0 Å². The predicted molar refractivity (Wildman–Crippen MR) is 109 cm³/mol. The summed E-state index contributed by atoms with van der Waals surface area (Å²) in [5.41, 5.74) is 2.72. The molecule has 0 saturated heterocycles. The molecule has 2 aromatic heterocycles. The summed E-state index contributed by atoms with van der Waals surface area (Å²) in [6.45, 7) is 3.70. The van der Waals surface area contributed by atoms with Crippen LogP contribution in [0.25, 0.3) is 0 Å². The van der Waals surface area contributed by atoms with Crippen LogP contribution >= 0.6 is 0 Å². The molecule has 1 aromatic carbocycles. The van der Waals surface area contributed by atoms with Gasteiger partial charge in [0, 0.05) is 31.7 Å². The van der Waals surface area contributed by atoms with Gasteiger partial charge in [0.1, 0.15) is 11.6 Å². The van der Waals surface area contributed by atoms with Crippen molar-refractivity contribution < 1.29 is 9.53 Å². The average molecular weight is 376 g/mol. The maximum Gasteiger partial charge on any atom is 0.255 e. The number of hydrogen-bond acceptors (Lipinski definition) is 5. The molecule has 2 heterocycles. The molecule has 6 heteroatoms. The number of hydrogen-bond donors (Lipinski definition) is 2. The van der Waals surface area contributed by atoms with Gasteiger partial charge in [-0.1, -0.05) is 12.1 Å². The minimum absolute atomic E-state index is 0.147. The molecule has 144 valence electrons. The molecule has 3 rings (SSSR count). The van der Waals surface area contributed by atoms with E-state index in [9.17, 15) is 4.79 Å². The molecule has 0 aliphatic heterocycles. The van der Waals surface area contributed by atoms with E-state index in [1.807, 2.05) is 43.3 Å². The Morgan fingerprint density at radius 3 is 2.71 bits per heavy atom. The summed E-state index contributed by atoms with van der Waals surface area (Å²) < 4.78 is 5.51. The first-order valence-electron chi connectivity index (χ1n) is 9.34. The Morgan fingerprint density at radius 2 is 1.89 bits per heavy atom. The van der Waals surface area contributed by atoms with Gasteiger partial charge in [-0.15, -0.1) is 0 Å². The zero-order valence-electron chi connectivity index (χ0n) is 15.9. The van der Waals surface area contributed by atoms with Crippen molar-refractivity contribution >= 4 is 11.7 Å². The van der Waals surface area contributed by atoms with Crippen LogP contribution in [0.5, 0.6) is 5.75 Å². The number of pyridine rings is 2. The Hall–Kier alpha value is -3.41. The summed E-state index contributed by atoms with van der Waals surface area (Å²) in [5.74, 6) is 1.27. The van der Waals surface area contributed by atoms with Crippen LogP contribution in [0.3, 0.4) is 0 Å². The first kappa shape index (κ1) is 19.4. The topological polar surface area (TPSA) is 76.1 Å². The fraction of sp³-hybridized carbons (Fsp3) is 0.227. The molecule has 28 heavy (non-hydrogen) atoms. The van der Waals surface area contributed by atoms with Gasteiger partial charge >= 0.3 is 0 Å². The maximum atomic E-state index is 12.6. The average Bonchev–Trinajstić information content (AvgIpc) is 2.74. The molecule has 2 N–H and O–H groups in total. The summed E-state index contributed by atoms with van der Waals surface area (Å²) in [4.78, 5) is 20.9. The fourth-order valence-electron chi connectivity index (χ4n) is 2.79. The second-order valence-electron chi connectivity index (χ2n) is 6.19. The molecule has 0 bridgehead atoms. The predicted octanol–water partition coefficient (Wildman–Crippen LogP) is 3.46. The van der Waals surface area contributed by atoms with E-state index in [2.05, 4.69) is 20.6 Å². The van der Waals surface area contributed by atoms with Gasteiger partial charge in [-0.25, -0.2) is 4.98 Å². The van der Waals surface area contributed by atoms with Crippen LogP contribution < -0.4 is 15.4 Å². The first-order valence-corrected chi connectivity index (χ1v) is 9.34. The van der Waals surface area contributed by atoms with Crippen molar-refractivity contribution in [1.29, 1.82) is 0 Å². The lowest BCUT2D eigenvalue weighted by molar-refractivity contribution is 0.0954. The molecule has 0 atom stereocenters. The lowest BCUT2D eigenvalue weighted by Crippen LogP contribution is -2.26. The van der Waals surface area contributed by atoms with Gasteiger partial charge in [0.05, 0.1) is 12.2 Å². The lowest BCUT2D eigenvalue weighted by atomic mass is 10.1. The summed E-state index contributed by atoms with van der Waals surface area (Å²) >= 11 is 0. The minimum atomic E-state index is -0.147. The normalized spacial score (nSPS) is 10.3. The van der Waals surface area contributed by atoms with E-state index in [0.29, 0.717) is 31.1 Å². The van der Waals surface area contributed by atoms with Crippen molar-refractivity contribution in [2.45, 2.75) is 19.9 Å². The molecule has 0 fully saturated rings. The Morgan fingerprint density at radius 1 is 1.04 bits per heavy atom.